The standard InChI is InChI=1S/C13H25N5O2/c1-12(19)17-6-4-16(5-7-17)3-2-15-13(14)18-8-10-20-11-9-18/h2-11H2,1H3,(H2,14,15). The SMILES string of the molecule is CC(=O)N1CCN(CCN=C(N)N2CCOCC2)CC1. The molecular formula is C13H25N5O2. The second-order valence-electron chi connectivity index (χ2n) is 5.19. The predicted molar refractivity (Wildman–Crippen MR) is 77.6 cm³/mol. The number of nitrogens with two attached hydrogens (primary N) is 1. The fourth-order valence-electron chi connectivity index (χ4n) is 2.48. The Morgan fingerprint density at radius 3 is 2.35 bits per heavy atom. The maximum absolute atomic E-state index is 11.2. The summed E-state index contributed by atoms with van der Waals surface area (Å²) in [5.41, 5.74) is 5.97. The first-order valence-electron chi connectivity index (χ1n) is 7.27. The summed E-state index contributed by atoms with van der Waals surface area (Å²) < 4.78 is 5.29. The first-order chi connectivity index (χ1) is 9.66. The first-order valence-corrected chi connectivity index (χ1v) is 7.27. The number of nitrogens with zero attached hydrogens (tertiary/aromatic N) is 4. The van der Waals surface area contributed by atoms with Gasteiger partial charge in [0.25, 0.3) is 0 Å². The van der Waals surface area contributed by atoms with Crippen molar-refractivity contribution >= 4 is 11.9 Å². The van der Waals surface area contributed by atoms with Crippen LogP contribution in [0.25, 0.3) is 0 Å². The fourth-order valence-corrected chi connectivity index (χ4v) is 2.48. The van der Waals surface area contributed by atoms with Gasteiger partial charge < -0.3 is 20.3 Å². The van der Waals surface area contributed by atoms with Gasteiger partial charge in [-0.05, 0) is 0 Å². The van der Waals surface area contributed by atoms with Gasteiger partial charge in [0.2, 0.25) is 5.91 Å². The number of rotatable bonds is 3. The maximum Gasteiger partial charge on any atom is 0.219 e. The van der Waals surface area contributed by atoms with Crippen molar-refractivity contribution in [2.45, 2.75) is 6.92 Å². The zero-order valence-electron chi connectivity index (χ0n) is 12.3. The molecule has 20 heavy (non-hydrogen) atoms. The summed E-state index contributed by atoms with van der Waals surface area (Å²) in [4.78, 5) is 22.0. The van der Waals surface area contributed by atoms with Crippen molar-refractivity contribution in [1.29, 1.82) is 0 Å². The number of amides is 1. The van der Waals surface area contributed by atoms with Crippen LogP contribution in [0.3, 0.4) is 0 Å². The molecule has 2 N–H and O–H groups in total. The third kappa shape index (κ3) is 4.35. The Labute approximate surface area is 120 Å². The average molecular weight is 283 g/mol. The van der Waals surface area contributed by atoms with Gasteiger partial charge in [-0.25, -0.2) is 0 Å². The Hall–Kier alpha value is -1.34. The number of piperazine rings is 1. The van der Waals surface area contributed by atoms with E-state index in [9.17, 15) is 4.79 Å². The van der Waals surface area contributed by atoms with E-state index in [1.165, 1.54) is 0 Å². The molecule has 2 saturated heterocycles. The Bertz CT molecular complexity index is 347. The molecule has 2 rings (SSSR count). The first kappa shape index (κ1) is 15.1. The fraction of sp³-hybridized carbons (Fsp3) is 0.846. The van der Waals surface area contributed by atoms with E-state index in [-0.39, 0.29) is 5.91 Å². The van der Waals surface area contributed by atoms with Crippen LogP contribution >= 0.6 is 0 Å². The molecule has 7 nitrogen and oxygen atoms in total. The van der Waals surface area contributed by atoms with Crippen LogP contribution < -0.4 is 5.73 Å². The summed E-state index contributed by atoms with van der Waals surface area (Å²) in [6.45, 7) is 9.82. The van der Waals surface area contributed by atoms with Crippen molar-refractivity contribution < 1.29 is 9.53 Å². The monoisotopic (exact) mass is 283 g/mol. The predicted octanol–water partition coefficient (Wildman–Crippen LogP) is -1.20. The van der Waals surface area contributed by atoms with E-state index < -0.39 is 0 Å². The van der Waals surface area contributed by atoms with Crippen LogP contribution in [0.2, 0.25) is 0 Å². The van der Waals surface area contributed by atoms with Crippen LogP contribution in [0.5, 0.6) is 0 Å². The van der Waals surface area contributed by atoms with Gasteiger partial charge in [0.15, 0.2) is 5.96 Å². The largest absolute Gasteiger partial charge is 0.378 e. The number of guanidine groups is 1. The smallest absolute Gasteiger partial charge is 0.219 e. The molecule has 2 heterocycles. The summed E-state index contributed by atoms with van der Waals surface area (Å²) in [6.07, 6.45) is 0. The van der Waals surface area contributed by atoms with Crippen molar-refractivity contribution in [3.05, 3.63) is 0 Å². The zero-order valence-corrected chi connectivity index (χ0v) is 12.3. The van der Waals surface area contributed by atoms with Crippen LogP contribution in [0.15, 0.2) is 4.99 Å². The highest BCUT2D eigenvalue weighted by molar-refractivity contribution is 5.78. The summed E-state index contributed by atoms with van der Waals surface area (Å²) in [7, 11) is 0. The number of aliphatic imine (C=N–C) groups is 1. The normalized spacial score (nSPS) is 22.1. The third-order valence-corrected chi connectivity index (χ3v) is 3.84. The second kappa shape index (κ2) is 7.44. The molecule has 2 fully saturated rings. The number of carbonyl (C=O) groups is 1. The van der Waals surface area contributed by atoms with Crippen molar-refractivity contribution in [1.82, 2.24) is 14.7 Å². The van der Waals surface area contributed by atoms with Gasteiger partial charge in [-0.15, -0.1) is 0 Å². The quantitative estimate of drug-likeness (QED) is 0.520. The van der Waals surface area contributed by atoms with Crippen molar-refractivity contribution in [2.24, 2.45) is 10.7 Å². The topological polar surface area (TPSA) is 74.4 Å². The summed E-state index contributed by atoms with van der Waals surface area (Å²) in [5, 5.41) is 0. The molecule has 0 aromatic heterocycles. The Balaban J connectivity index is 1.66. The van der Waals surface area contributed by atoms with Crippen LogP contribution in [-0.2, 0) is 9.53 Å². The molecule has 0 aromatic rings. The van der Waals surface area contributed by atoms with E-state index in [1.54, 1.807) is 6.92 Å². The number of hydrogen-bond donors (Lipinski definition) is 1. The molecule has 0 spiro atoms. The lowest BCUT2D eigenvalue weighted by molar-refractivity contribution is -0.130. The lowest BCUT2D eigenvalue weighted by Crippen LogP contribution is -2.49. The molecule has 0 unspecified atom stereocenters. The zero-order chi connectivity index (χ0) is 14.4. The summed E-state index contributed by atoms with van der Waals surface area (Å²) in [5.74, 6) is 0.787. The van der Waals surface area contributed by atoms with Crippen LogP contribution in [0, 0.1) is 0 Å². The number of morpholine rings is 1. The lowest BCUT2D eigenvalue weighted by atomic mass is 10.3. The molecule has 0 atom stereocenters. The van der Waals surface area contributed by atoms with Gasteiger partial charge >= 0.3 is 0 Å². The average Bonchev–Trinajstić information content (AvgIpc) is 2.48. The molecule has 0 bridgehead atoms. The van der Waals surface area contributed by atoms with E-state index in [0.717, 1.165) is 59.0 Å². The minimum atomic E-state index is 0.166. The summed E-state index contributed by atoms with van der Waals surface area (Å²) >= 11 is 0. The van der Waals surface area contributed by atoms with Crippen LogP contribution in [-0.4, -0.2) is 92.1 Å². The van der Waals surface area contributed by atoms with E-state index in [0.29, 0.717) is 12.5 Å². The Morgan fingerprint density at radius 1 is 1.10 bits per heavy atom. The molecule has 0 saturated carbocycles. The molecular weight excluding hydrogens is 258 g/mol. The Kier molecular flexibility index (Phi) is 5.60. The van der Waals surface area contributed by atoms with Crippen LogP contribution in [0.4, 0.5) is 0 Å². The highest BCUT2D eigenvalue weighted by atomic mass is 16.5. The van der Waals surface area contributed by atoms with Crippen LogP contribution in [0.1, 0.15) is 6.92 Å². The maximum atomic E-state index is 11.2. The van der Waals surface area contributed by atoms with Gasteiger partial charge in [-0.2, -0.15) is 0 Å². The van der Waals surface area contributed by atoms with E-state index in [2.05, 4.69) is 14.8 Å². The molecule has 0 radical (unpaired) electrons. The molecule has 2 aliphatic heterocycles. The van der Waals surface area contributed by atoms with Gasteiger partial charge in [-0.1, -0.05) is 0 Å². The molecule has 7 heteroatoms. The summed E-state index contributed by atoms with van der Waals surface area (Å²) in [6, 6.07) is 0. The second-order valence-corrected chi connectivity index (χ2v) is 5.19. The van der Waals surface area contributed by atoms with E-state index >= 15 is 0 Å². The molecule has 0 aliphatic carbocycles. The van der Waals surface area contributed by atoms with Gasteiger partial charge in [0.1, 0.15) is 0 Å². The third-order valence-electron chi connectivity index (χ3n) is 3.84. The molecule has 2 aliphatic rings. The highest BCUT2D eigenvalue weighted by Gasteiger charge is 2.18. The minimum absolute atomic E-state index is 0.166. The Morgan fingerprint density at radius 2 is 1.75 bits per heavy atom. The number of carbonyl (C=O) groups excluding carboxylic acids is 1. The lowest BCUT2D eigenvalue weighted by Gasteiger charge is -2.34. The number of ether oxygens (including phenoxy) is 1. The molecule has 0 aromatic carbocycles. The van der Waals surface area contributed by atoms with E-state index in [1.807, 2.05) is 4.90 Å². The van der Waals surface area contributed by atoms with Gasteiger partial charge in [0, 0.05) is 52.7 Å². The van der Waals surface area contributed by atoms with E-state index in [4.69, 9.17) is 10.5 Å². The van der Waals surface area contributed by atoms with Gasteiger partial charge in [-0.3, -0.25) is 14.7 Å². The minimum Gasteiger partial charge on any atom is -0.378 e. The van der Waals surface area contributed by atoms with Gasteiger partial charge in [0.05, 0.1) is 19.8 Å². The van der Waals surface area contributed by atoms with Crippen molar-refractivity contribution in [3.63, 3.8) is 0 Å². The van der Waals surface area contributed by atoms with Crippen molar-refractivity contribution in [2.75, 3.05) is 65.6 Å². The number of hydrogen-bond acceptors (Lipinski definition) is 4. The highest BCUT2D eigenvalue weighted by Crippen LogP contribution is 2.02. The molecule has 114 valence electrons. The molecule has 1 amide bonds. The van der Waals surface area contributed by atoms with Crippen molar-refractivity contribution in [3.8, 4) is 0 Å².